The van der Waals surface area contributed by atoms with Gasteiger partial charge in [0, 0.05) is 30.0 Å². The minimum absolute atomic E-state index is 0.0189. The number of thiazole rings is 1. The first-order chi connectivity index (χ1) is 13.1. The molecule has 1 atom stereocenters. The van der Waals surface area contributed by atoms with E-state index in [0.29, 0.717) is 18.0 Å². The molecule has 1 fully saturated rings. The number of para-hydroxylation sites is 1. The van der Waals surface area contributed by atoms with Crippen LogP contribution in [0.5, 0.6) is 0 Å². The molecule has 0 aliphatic carbocycles. The van der Waals surface area contributed by atoms with Crippen LogP contribution in [0.1, 0.15) is 23.8 Å². The normalized spacial score (nSPS) is 17.4. The largest absolute Gasteiger partial charge is 0.341 e. The van der Waals surface area contributed by atoms with E-state index in [-0.39, 0.29) is 17.6 Å². The number of hydrogen-bond acceptors (Lipinski definition) is 4. The maximum Gasteiger partial charge on any atom is 0.232 e. The van der Waals surface area contributed by atoms with Crippen molar-refractivity contribution in [2.75, 3.05) is 18.8 Å². The molecule has 7 heteroatoms. The number of thioether (sulfide) groups is 1. The minimum atomic E-state index is -0.626. The standard InChI is InChI=1S/C20H18F2N2OS2/c21-14-7-8-17(15(22)10-14)26-12-19(25)24-9-3-4-13(11-24)20-23-16-5-1-2-6-18(16)27-20/h1-2,5-8,10,13H,3-4,9,11-12H2/t13-/m0/s1. The summed E-state index contributed by atoms with van der Waals surface area (Å²) in [5.74, 6) is -0.867. The van der Waals surface area contributed by atoms with E-state index in [0.717, 1.165) is 41.2 Å². The molecule has 0 N–H and O–H groups in total. The monoisotopic (exact) mass is 404 g/mol. The first kappa shape index (κ1) is 18.4. The zero-order valence-electron chi connectivity index (χ0n) is 14.5. The molecule has 0 spiro atoms. The Kier molecular flexibility index (Phi) is 5.41. The predicted octanol–water partition coefficient (Wildman–Crippen LogP) is 5.07. The van der Waals surface area contributed by atoms with Crippen LogP contribution in [0, 0.1) is 11.6 Å². The van der Waals surface area contributed by atoms with Gasteiger partial charge in [-0.3, -0.25) is 4.79 Å². The number of aromatic nitrogens is 1. The van der Waals surface area contributed by atoms with Gasteiger partial charge in [-0.1, -0.05) is 12.1 Å². The number of piperidine rings is 1. The fraction of sp³-hybridized carbons (Fsp3) is 0.300. The Hall–Kier alpha value is -1.99. The lowest BCUT2D eigenvalue weighted by atomic mass is 9.99. The van der Waals surface area contributed by atoms with E-state index in [4.69, 9.17) is 4.98 Å². The molecule has 0 bridgehead atoms. The molecule has 1 amide bonds. The second-order valence-corrected chi connectivity index (χ2v) is 8.64. The van der Waals surface area contributed by atoms with Crippen molar-refractivity contribution in [2.45, 2.75) is 23.7 Å². The van der Waals surface area contributed by atoms with Crippen molar-refractivity contribution in [3.05, 3.63) is 59.1 Å². The van der Waals surface area contributed by atoms with E-state index in [1.54, 1.807) is 11.3 Å². The Morgan fingerprint density at radius 1 is 1.26 bits per heavy atom. The number of rotatable bonds is 4. The van der Waals surface area contributed by atoms with Crippen molar-refractivity contribution >= 4 is 39.2 Å². The van der Waals surface area contributed by atoms with Crippen molar-refractivity contribution in [1.82, 2.24) is 9.88 Å². The lowest BCUT2D eigenvalue weighted by Gasteiger charge is -2.31. The second kappa shape index (κ2) is 7.94. The highest BCUT2D eigenvalue weighted by molar-refractivity contribution is 8.00. The molecule has 3 nitrogen and oxygen atoms in total. The number of benzene rings is 2. The lowest BCUT2D eigenvalue weighted by molar-refractivity contribution is -0.129. The van der Waals surface area contributed by atoms with Crippen LogP contribution < -0.4 is 0 Å². The number of carbonyl (C=O) groups excluding carboxylic acids is 1. The molecule has 0 unspecified atom stereocenters. The smallest absolute Gasteiger partial charge is 0.232 e. The van der Waals surface area contributed by atoms with E-state index in [9.17, 15) is 13.6 Å². The Balaban J connectivity index is 1.40. The molecule has 1 aliphatic heterocycles. The number of halogens is 2. The molecular weight excluding hydrogens is 386 g/mol. The van der Waals surface area contributed by atoms with Gasteiger partial charge in [-0.2, -0.15) is 0 Å². The van der Waals surface area contributed by atoms with Gasteiger partial charge in [0.25, 0.3) is 0 Å². The fourth-order valence-electron chi connectivity index (χ4n) is 3.29. The number of nitrogens with zero attached hydrogens (tertiary/aromatic N) is 2. The molecule has 2 heterocycles. The van der Waals surface area contributed by atoms with E-state index in [2.05, 4.69) is 6.07 Å². The van der Waals surface area contributed by atoms with Gasteiger partial charge >= 0.3 is 0 Å². The zero-order chi connectivity index (χ0) is 18.8. The van der Waals surface area contributed by atoms with Crippen LogP contribution in [0.4, 0.5) is 8.78 Å². The molecule has 27 heavy (non-hydrogen) atoms. The molecule has 0 saturated carbocycles. The van der Waals surface area contributed by atoms with E-state index in [1.807, 2.05) is 23.1 Å². The summed E-state index contributed by atoms with van der Waals surface area (Å²) in [7, 11) is 0. The number of amides is 1. The quantitative estimate of drug-likeness (QED) is 0.569. The maximum absolute atomic E-state index is 13.7. The van der Waals surface area contributed by atoms with Crippen LogP contribution in [0.15, 0.2) is 47.4 Å². The third-order valence-corrected chi connectivity index (χ3v) is 6.91. The fourth-order valence-corrected chi connectivity index (χ4v) is 5.21. The molecular formula is C20H18F2N2OS2. The topological polar surface area (TPSA) is 33.2 Å². The summed E-state index contributed by atoms with van der Waals surface area (Å²) in [4.78, 5) is 19.5. The van der Waals surface area contributed by atoms with E-state index >= 15 is 0 Å². The molecule has 2 aromatic carbocycles. The molecule has 1 saturated heterocycles. The summed E-state index contributed by atoms with van der Waals surface area (Å²) < 4.78 is 27.9. The van der Waals surface area contributed by atoms with Gasteiger partial charge < -0.3 is 4.90 Å². The number of fused-ring (bicyclic) bond motifs is 1. The van der Waals surface area contributed by atoms with Gasteiger partial charge in [-0.25, -0.2) is 13.8 Å². The molecule has 140 valence electrons. The summed E-state index contributed by atoms with van der Waals surface area (Å²) in [5, 5.41) is 1.07. The Labute approximate surface area is 164 Å². The third-order valence-electron chi connectivity index (χ3n) is 4.68. The highest BCUT2D eigenvalue weighted by Crippen LogP contribution is 2.33. The summed E-state index contributed by atoms with van der Waals surface area (Å²) in [6.45, 7) is 1.36. The van der Waals surface area contributed by atoms with Crippen LogP contribution >= 0.6 is 23.1 Å². The van der Waals surface area contributed by atoms with Gasteiger partial charge in [-0.05, 0) is 37.1 Å². The van der Waals surface area contributed by atoms with Gasteiger partial charge in [0.05, 0.1) is 21.0 Å². The first-order valence-electron chi connectivity index (χ1n) is 8.81. The number of carbonyl (C=O) groups is 1. The minimum Gasteiger partial charge on any atom is -0.341 e. The number of likely N-dealkylation sites (tertiary alicyclic amines) is 1. The molecule has 4 rings (SSSR count). The van der Waals surface area contributed by atoms with E-state index in [1.165, 1.54) is 16.8 Å². The first-order valence-corrected chi connectivity index (χ1v) is 10.6. The lowest BCUT2D eigenvalue weighted by Crippen LogP contribution is -2.40. The van der Waals surface area contributed by atoms with Crippen molar-refractivity contribution in [3.63, 3.8) is 0 Å². The van der Waals surface area contributed by atoms with Crippen LogP contribution in [0.25, 0.3) is 10.2 Å². The van der Waals surface area contributed by atoms with Crippen molar-refractivity contribution < 1.29 is 13.6 Å². The van der Waals surface area contributed by atoms with Gasteiger partial charge in [0.15, 0.2) is 0 Å². The van der Waals surface area contributed by atoms with Crippen molar-refractivity contribution in [2.24, 2.45) is 0 Å². The highest BCUT2D eigenvalue weighted by atomic mass is 32.2. The maximum atomic E-state index is 13.7. The number of hydrogen-bond donors (Lipinski definition) is 0. The molecule has 0 radical (unpaired) electrons. The van der Waals surface area contributed by atoms with Gasteiger partial charge in [0.1, 0.15) is 11.6 Å². The molecule has 1 aromatic heterocycles. The average molecular weight is 405 g/mol. The summed E-state index contributed by atoms with van der Waals surface area (Å²) in [6.07, 6.45) is 1.95. The second-order valence-electron chi connectivity index (χ2n) is 6.56. The van der Waals surface area contributed by atoms with Gasteiger partial charge in [-0.15, -0.1) is 23.1 Å². The summed E-state index contributed by atoms with van der Waals surface area (Å²) in [6, 6.07) is 11.5. The van der Waals surface area contributed by atoms with Crippen LogP contribution in [0.3, 0.4) is 0 Å². The average Bonchev–Trinajstić information content (AvgIpc) is 3.11. The van der Waals surface area contributed by atoms with Crippen molar-refractivity contribution in [1.29, 1.82) is 0 Å². The Bertz CT molecular complexity index is 943. The SMILES string of the molecule is O=C(CSc1ccc(F)cc1F)N1CCC[C@H](c2nc3ccccc3s2)C1. The molecule has 3 aromatic rings. The summed E-state index contributed by atoms with van der Waals surface area (Å²) in [5.41, 5.74) is 1.00. The van der Waals surface area contributed by atoms with Crippen molar-refractivity contribution in [3.8, 4) is 0 Å². The van der Waals surface area contributed by atoms with Gasteiger partial charge in [0.2, 0.25) is 5.91 Å². The highest BCUT2D eigenvalue weighted by Gasteiger charge is 2.27. The zero-order valence-corrected chi connectivity index (χ0v) is 16.2. The van der Waals surface area contributed by atoms with Crippen LogP contribution in [-0.2, 0) is 4.79 Å². The molecule has 1 aliphatic rings. The van der Waals surface area contributed by atoms with E-state index < -0.39 is 11.6 Å². The Morgan fingerprint density at radius 2 is 2.11 bits per heavy atom. The summed E-state index contributed by atoms with van der Waals surface area (Å²) >= 11 is 2.80. The Morgan fingerprint density at radius 3 is 2.93 bits per heavy atom. The van der Waals surface area contributed by atoms with Crippen LogP contribution in [0.2, 0.25) is 0 Å². The predicted molar refractivity (Wildman–Crippen MR) is 105 cm³/mol. The van der Waals surface area contributed by atoms with Crippen LogP contribution in [-0.4, -0.2) is 34.6 Å². The third kappa shape index (κ3) is 4.14.